The molecule has 3 N–H and O–H groups in total. The number of nitrogens with two attached hydrogens (primary N) is 1. The van der Waals surface area contributed by atoms with Gasteiger partial charge >= 0.3 is 0 Å². The Labute approximate surface area is 130 Å². The van der Waals surface area contributed by atoms with Crippen molar-refractivity contribution in [3.63, 3.8) is 0 Å². The first-order valence-electron chi connectivity index (χ1n) is 5.94. The molecule has 0 amide bonds. The van der Waals surface area contributed by atoms with E-state index in [0.29, 0.717) is 23.3 Å². The zero-order chi connectivity index (χ0) is 15.4. The number of nitrogens with zero attached hydrogens (tertiary/aromatic N) is 4. The van der Waals surface area contributed by atoms with E-state index in [1.54, 1.807) is 39.5 Å². The maximum absolute atomic E-state index is 5.70. The fourth-order valence-electron chi connectivity index (χ4n) is 1.57. The molecule has 0 saturated carbocycles. The number of halogens is 1. The zero-order valence-corrected chi connectivity index (χ0v) is 13.4. The maximum Gasteiger partial charge on any atom is 0.263 e. The Morgan fingerprint density at radius 2 is 1.95 bits per heavy atom. The smallest absolute Gasteiger partial charge is 0.263 e. The predicted molar refractivity (Wildman–Crippen MR) is 83.4 cm³/mol. The zero-order valence-electron chi connectivity index (χ0n) is 11.8. The fraction of sp³-hybridized carbons (Fsp3) is 0.250. The van der Waals surface area contributed by atoms with Crippen molar-refractivity contribution in [2.24, 2.45) is 5.10 Å². The van der Waals surface area contributed by atoms with Gasteiger partial charge in [0.15, 0.2) is 17.3 Å². The van der Waals surface area contributed by atoms with Crippen LogP contribution in [0.25, 0.3) is 0 Å². The third kappa shape index (κ3) is 3.24. The molecule has 0 bridgehead atoms. The highest BCUT2D eigenvalue weighted by atomic mass is 79.9. The first-order chi connectivity index (χ1) is 10.1. The van der Waals surface area contributed by atoms with E-state index in [-0.39, 0.29) is 0 Å². The number of benzene rings is 1. The van der Waals surface area contributed by atoms with Crippen molar-refractivity contribution in [1.82, 2.24) is 14.9 Å². The van der Waals surface area contributed by atoms with Crippen LogP contribution in [0.3, 0.4) is 0 Å². The average Bonchev–Trinajstić information content (AvgIpc) is 2.80. The first kappa shape index (κ1) is 15.1. The first-order valence-corrected chi connectivity index (χ1v) is 6.73. The summed E-state index contributed by atoms with van der Waals surface area (Å²) in [5.74, 6) is 7.88. The monoisotopic (exact) mass is 354 g/mol. The van der Waals surface area contributed by atoms with Crippen LogP contribution < -0.4 is 20.7 Å². The SMILES string of the molecule is COc1cc(Br)c(C=NNc2nnc(C)n2N)cc1OC. The van der Waals surface area contributed by atoms with Crippen LogP contribution in [0, 0.1) is 6.92 Å². The Morgan fingerprint density at radius 1 is 1.29 bits per heavy atom. The molecule has 0 spiro atoms. The molecule has 1 heterocycles. The topological polar surface area (TPSA) is 99.6 Å². The number of aryl methyl sites for hydroxylation is 1. The summed E-state index contributed by atoms with van der Waals surface area (Å²) in [6, 6.07) is 3.60. The molecule has 0 radical (unpaired) electrons. The van der Waals surface area contributed by atoms with Gasteiger partial charge in [-0.25, -0.2) is 10.1 Å². The largest absolute Gasteiger partial charge is 0.493 e. The van der Waals surface area contributed by atoms with E-state index in [4.69, 9.17) is 15.3 Å². The van der Waals surface area contributed by atoms with Gasteiger partial charge in [-0.2, -0.15) is 5.10 Å². The van der Waals surface area contributed by atoms with E-state index < -0.39 is 0 Å². The van der Waals surface area contributed by atoms with Crippen LogP contribution in [-0.2, 0) is 0 Å². The number of rotatable bonds is 5. The molecule has 112 valence electrons. The molecule has 8 nitrogen and oxygen atoms in total. The van der Waals surface area contributed by atoms with Gasteiger partial charge in [0.25, 0.3) is 5.95 Å². The van der Waals surface area contributed by atoms with Crippen LogP contribution in [0.15, 0.2) is 21.7 Å². The molecular weight excluding hydrogens is 340 g/mol. The highest BCUT2D eigenvalue weighted by Crippen LogP contribution is 2.32. The summed E-state index contributed by atoms with van der Waals surface area (Å²) in [7, 11) is 3.15. The molecule has 21 heavy (non-hydrogen) atoms. The number of hydrogen-bond donors (Lipinski definition) is 2. The second-order valence-electron chi connectivity index (χ2n) is 4.04. The Bertz CT molecular complexity index is 670. The molecule has 0 aliphatic heterocycles. The molecule has 0 unspecified atom stereocenters. The number of nitrogens with one attached hydrogen (secondary N) is 1. The van der Waals surface area contributed by atoms with Gasteiger partial charge in [0.05, 0.1) is 20.4 Å². The molecule has 0 atom stereocenters. The van der Waals surface area contributed by atoms with Crippen molar-refractivity contribution < 1.29 is 9.47 Å². The molecule has 1 aromatic carbocycles. The van der Waals surface area contributed by atoms with Gasteiger partial charge in [-0.3, -0.25) is 0 Å². The van der Waals surface area contributed by atoms with Gasteiger partial charge in [0.2, 0.25) is 0 Å². The van der Waals surface area contributed by atoms with E-state index >= 15 is 0 Å². The van der Waals surface area contributed by atoms with Gasteiger partial charge in [-0.05, 0) is 35.0 Å². The average molecular weight is 355 g/mol. The minimum atomic E-state index is 0.348. The van der Waals surface area contributed by atoms with Gasteiger partial charge < -0.3 is 15.3 Å². The lowest BCUT2D eigenvalue weighted by molar-refractivity contribution is 0.354. The summed E-state index contributed by atoms with van der Waals surface area (Å²) in [6.07, 6.45) is 1.61. The molecule has 0 aliphatic carbocycles. The molecule has 0 saturated heterocycles. The second-order valence-corrected chi connectivity index (χ2v) is 4.89. The van der Waals surface area contributed by atoms with E-state index in [1.807, 2.05) is 0 Å². The Kier molecular flexibility index (Phi) is 4.63. The van der Waals surface area contributed by atoms with Crippen molar-refractivity contribution in [3.8, 4) is 11.5 Å². The lowest BCUT2D eigenvalue weighted by Gasteiger charge is -2.09. The highest BCUT2D eigenvalue weighted by molar-refractivity contribution is 9.10. The van der Waals surface area contributed by atoms with Gasteiger partial charge in [0, 0.05) is 10.0 Å². The van der Waals surface area contributed by atoms with E-state index in [2.05, 4.69) is 36.7 Å². The van der Waals surface area contributed by atoms with E-state index in [9.17, 15) is 0 Å². The minimum Gasteiger partial charge on any atom is -0.493 e. The molecule has 0 aliphatic rings. The standard InChI is InChI=1S/C12H15BrN6O2/c1-7-16-18-12(19(7)14)17-15-6-8-4-10(20-2)11(21-3)5-9(8)13/h4-6H,14H2,1-3H3,(H,17,18). The number of methoxy groups -OCH3 is 2. The Balaban J connectivity index is 2.19. The van der Waals surface area contributed by atoms with Gasteiger partial charge in [0.1, 0.15) is 0 Å². The second kappa shape index (κ2) is 6.44. The lowest BCUT2D eigenvalue weighted by atomic mass is 10.2. The summed E-state index contributed by atoms with van der Waals surface area (Å²) < 4.78 is 12.6. The van der Waals surface area contributed by atoms with E-state index in [0.717, 1.165) is 10.0 Å². The number of ether oxygens (including phenoxy) is 2. The number of hydrogen-bond acceptors (Lipinski definition) is 7. The number of hydrazone groups is 1. The Hall–Kier alpha value is -2.29. The van der Waals surface area contributed by atoms with Crippen molar-refractivity contribution in [1.29, 1.82) is 0 Å². The summed E-state index contributed by atoms with van der Waals surface area (Å²) >= 11 is 3.44. The molecular formula is C12H15BrN6O2. The summed E-state index contributed by atoms with van der Waals surface area (Å²) in [6.45, 7) is 1.74. The third-order valence-corrected chi connectivity index (χ3v) is 3.42. The Morgan fingerprint density at radius 3 is 2.52 bits per heavy atom. The normalized spacial score (nSPS) is 10.9. The van der Waals surface area contributed by atoms with Crippen LogP contribution in [0.2, 0.25) is 0 Å². The molecule has 1 aromatic heterocycles. The fourth-order valence-corrected chi connectivity index (χ4v) is 2.00. The van der Waals surface area contributed by atoms with E-state index in [1.165, 1.54) is 4.68 Å². The molecule has 2 rings (SSSR count). The molecule has 9 heteroatoms. The number of anilines is 1. The van der Waals surface area contributed by atoms with Gasteiger partial charge in [-0.1, -0.05) is 0 Å². The van der Waals surface area contributed by atoms with Crippen LogP contribution in [0.1, 0.15) is 11.4 Å². The van der Waals surface area contributed by atoms with Crippen LogP contribution in [-0.4, -0.2) is 35.3 Å². The van der Waals surface area contributed by atoms with Crippen molar-refractivity contribution in [3.05, 3.63) is 28.0 Å². The highest BCUT2D eigenvalue weighted by Gasteiger charge is 2.08. The third-order valence-electron chi connectivity index (χ3n) is 2.74. The maximum atomic E-state index is 5.70. The molecule has 2 aromatic rings. The summed E-state index contributed by atoms with van der Waals surface area (Å²) in [5.41, 5.74) is 3.52. The predicted octanol–water partition coefficient (Wildman–Crippen LogP) is 1.53. The quantitative estimate of drug-likeness (QED) is 0.479. The lowest BCUT2D eigenvalue weighted by Crippen LogP contribution is -2.13. The van der Waals surface area contributed by atoms with Crippen molar-refractivity contribution >= 4 is 28.1 Å². The number of nitrogen functional groups attached to an aromatic ring is 1. The van der Waals surface area contributed by atoms with Crippen LogP contribution in [0.5, 0.6) is 11.5 Å². The van der Waals surface area contributed by atoms with Gasteiger partial charge in [-0.15, -0.1) is 10.2 Å². The number of aromatic nitrogens is 3. The summed E-state index contributed by atoms with van der Waals surface area (Å²) in [4.78, 5) is 0. The molecule has 0 fully saturated rings. The van der Waals surface area contributed by atoms with Crippen LogP contribution >= 0.6 is 15.9 Å². The summed E-state index contributed by atoms with van der Waals surface area (Å²) in [5, 5.41) is 11.7. The minimum absolute atomic E-state index is 0.348. The van der Waals surface area contributed by atoms with Crippen LogP contribution in [0.4, 0.5) is 5.95 Å². The van der Waals surface area contributed by atoms with Crippen molar-refractivity contribution in [2.45, 2.75) is 6.92 Å². The van der Waals surface area contributed by atoms with Crippen molar-refractivity contribution in [2.75, 3.05) is 25.5 Å².